The van der Waals surface area contributed by atoms with Gasteiger partial charge in [0.1, 0.15) is 5.75 Å². The highest BCUT2D eigenvalue weighted by Gasteiger charge is 2.38. The average Bonchev–Trinajstić information content (AvgIpc) is 2.72. The van der Waals surface area contributed by atoms with Crippen LogP contribution in [0.15, 0.2) is 71.6 Å². The second-order valence-corrected chi connectivity index (χ2v) is 8.93. The third-order valence-corrected chi connectivity index (χ3v) is 7.58. The lowest BCUT2D eigenvalue weighted by Gasteiger charge is -2.30. The van der Waals surface area contributed by atoms with Gasteiger partial charge in [0.25, 0.3) is 0 Å². The fourth-order valence-electron chi connectivity index (χ4n) is 3.97. The van der Waals surface area contributed by atoms with Gasteiger partial charge in [-0.05, 0) is 58.5 Å². The van der Waals surface area contributed by atoms with Crippen molar-refractivity contribution < 1.29 is 13.2 Å². The Hall–Kier alpha value is -2.59. The lowest BCUT2D eigenvalue weighted by atomic mass is 9.84. The van der Waals surface area contributed by atoms with Crippen LogP contribution in [0.25, 0.3) is 16.8 Å². The molecule has 0 aromatic heterocycles. The highest BCUT2D eigenvalue weighted by Crippen LogP contribution is 2.45. The predicted molar refractivity (Wildman–Crippen MR) is 110 cm³/mol. The fourth-order valence-corrected chi connectivity index (χ4v) is 6.09. The van der Waals surface area contributed by atoms with E-state index < -0.39 is 15.1 Å². The molecular weight excluding hydrogens is 356 g/mol. The van der Waals surface area contributed by atoms with Crippen molar-refractivity contribution in [1.29, 1.82) is 0 Å². The standard InChI is InChI=1S/C23H22O3S/c1-3-16-8-10-18-11-9-17-6-4-5-7-21(17)22(18)23(16)27(24,25)20-14-12-19(26-2)13-15-20/h4-16,23H,3H2,1-2H3. The van der Waals surface area contributed by atoms with Gasteiger partial charge in [0, 0.05) is 0 Å². The van der Waals surface area contributed by atoms with Crippen LogP contribution < -0.4 is 4.74 Å². The van der Waals surface area contributed by atoms with Crippen molar-refractivity contribution in [2.24, 2.45) is 5.92 Å². The van der Waals surface area contributed by atoms with Gasteiger partial charge in [-0.25, -0.2) is 8.42 Å². The molecule has 0 amide bonds. The summed E-state index contributed by atoms with van der Waals surface area (Å²) in [5.74, 6) is 0.589. The molecule has 0 heterocycles. The molecule has 3 aromatic carbocycles. The van der Waals surface area contributed by atoms with E-state index in [1.165, 1.54) is 0 Å². The van der Waals surface area contributed by atoms with Crippen molar-refractivity contribution in [3.63, 3.8) is 0 Å². The fraction of sp³-hybridized carbons (Fsp3) is 0.217. The molecule has 0 fully saturated rings. The Morgan fingerprint density at radius 1 is 0.963 bits per heavy atom. The molecule has 3 aromatic rings. The van der Waals surface area contributed by atoms with Gasteiger partial charge in [-0.2, -0.15) is 0 Å². The van der Waals surface area contributed by atoms with Gasteiger partial charge in [0.15, 0.2) is 9.84 Å². The van der Waals surface area contributed by atoms with E-state index in [0.717, 1.165) is 28.3 Å². The summed E-state index contributed by atoms with van der Waals surface area (Å²) < 4.78 is 32.6. The molecule has 138 valence electrons. The number of allylic oxidation sites excluding steroid dienone is 1. The highest BCUT2D eigenvalue weighted by atomic mass is 32.2. The first-order valence-electron chi connectivity index (χ1n) is 9.14. The molecule has 0 aliphatic heterocycles. The Morgan fingerprint density at radius 2 is 1.70 bits per heavy atom. The zero-order valence-corrected chi connectivity index (χ0v) is 16.2. The summed E-state index contributed by atoms with van der Waals surface area (Å²) in [4.78, 5) is 0.334. The second kappa shape index (κ2) is 6.86. The van der Waals surface area contributed by atoms with E-state index in [1.807, 2.05) is 43.3 Å². The maximum atomic E-state index is 13.7. The van der Waals surface area contributed by atoms with Crippen molar-refractivity contribution in [2.75, 3.05) is 7.11 Å². The van der Waals surface area contributed by atoms with E-state index in [-0.39, 0.29) is 5.92 Å². The van der Waals surface area contributed by atoms with E-state index in [1.54, 1.807) is 31.4 Å². The molecule has 1 aliphatic rings. The van der Waals surface area contributed by atoms with Crippen LogP contribution in [0.5, 0.6) is 5.75 Å². The minimum Gasteiger partial charge on any atom is -0.497 e. The number of rotatable bonds is 4. The Bertz CT molecular complexity index is 1110. The van der Waals surface area contributed by atoms with Crippen molar-refractivity contribution in [3.05, 3.63) is 77.9 Å². The molecule has 1 aliphatic carbocycles. The van der Waals surface area contributed by atoms with Gasteiger partial charge in [0.2, 0.25) is 0 Å². The van der Waals surface area contributed by atoms with E-state index in [2.05, 4.69) is 12.1 Å². The van der Waals surface area contributed by atoms with Crippen molar-refractivity contribution in [1.82, 2.24) is 0 Å². The predicted octanol–water partition coefficient (Wildman–Crippen LogP) is 5.42. The normalized spacial score (nSPS) is 19.0. The molecule has 3 nitrogen and oxygen atoms in total. The summed E-state index contributed by atoms with van der Waals surface area (Å²) in [6.45, 7) is 2.04. The first-order chi connectivity index (χ1) is 13.1. The number of hydrogen-bond acceptors (Lipinski definition) is 3. The first-order valence-corrected chi connectivity index (χ1v) is 10.7. The third-order valence-electron chi connectivity index (χ3n) is 5.39. The van der Waals surface area contributed by atoms with Crippen LogP contribution in [0, 0.1) is 5.92 Å². The molecule has 0 saturated carbocycles. The molecule has 0 bridgehead atoms. The van der Waals surface area contributed by atoms with Gasteiger partial charge in [-0.1, -0.05) is 55.5 Å². The molecule has 4 rings (SSSR count). The zero-order valence-electron chi connectivity index (χ0n) is 15.4. The lowest BCUT2D eigenvalue weighted by Crippen LogP contribution is -2.24. The second-order valence-electron chi connectivity index (χ2n) is 6.86. The summed E-state index contributed by atoms with van der Waals surface area (Å²) in [7, 11) is -1.99. The summed E-state index contributed by atoms with van der Waals surface area (Å²) in [5.41, 5.74) is 1.90. The highest BCUT2D eigenvalue weighted by molar-refractivity contribution is 7.91. The minimum atomic E-state index is -3.56. The largest absolute Gasteiger partial charge is 0.497 e. The van der Waals surface area contributed by atoms with Gasteiger partial charge in [0.05, 0.1) is 17.3 Å². The molecule has 2 atom stereocenters. The SMILES string of the molecule is CCC1C=Cc2ccc3ccccc3c2C1S(=O)(=O)c1ccc(OC)cc1. The van der Waals surface area contributed by atoms with Crippen LogP contribution in [0.3, 0.4) is 0 Å². The van der Waals surface area contributed by atoms with Gasteiger partial charge in [-0.3, -0.25) is 0 Å². The third kappa shape index (κ3) is 2.94. The Morgan fingerprint density at radius 3 is 2.41 bits per heavy atom. The van der Waals surface area contributed by atoms with E-state index in [9.17, 15) is 8.42 Å². The maximum absolute atomic E-state index is 13.7. The number of methoxy groups -OCH3 is 1. The number of fused-ring (bicyclic) bond motifs is 3. The first kappa shape index (κ1) is 17.8. The van der Waals surface area contributed by atoms with Gasteiger partial charge >= 0.3 is 0 Å². The van der Waals surface area contributed by atoms with Gasteiger partial charge < -0.3 is 4.74 Å². The van der Waals surface area contributed by atoms with Crippen LogP contribution in [-0.2, 0) is 9.84 Å². The molecule has 0 N–H and O–H groups in total. The quantitative estimate of drug-likeness (QED) is 0.609. The van der Waals surface area contributed by atoms with Crippen LogP contribution in [-0.4, -0.2) is 15.5 Å². The zero-order chi connectivity index (χ0) is 19.0. The summed E-state index contributed by atoms with van der Waals surface area (Å²) >= 11 is 0. The van der Waals surface area contributed by atoms with E-state index in [0.29, 0.717) is 10.6 Å². The van der Waals surface area contributed by atoms with Crippen LogP contribution >= 0.6 is 0 Å². The number of sulfone groups is 1. The summed E-state index contributed by atoms with van der Waals surface area (Å²) in [6.07, 6.45) is 4.87. The van der Waals surface area contributed by atoms with Gasteiger partial charge in [-0.15, -0.1) is 0 Å². The Balaban J connectivity index is 1.95. The average molecular weight is 378 g/mol. The summed E-state index contributed by atoms with van der Waals surface area (Å²) in [5, 5.41) is 1.48. The van der Waals surface area contributed by atoms with E-state index >= 15 is 0 Å². The molecule has 4 heteroatoms. The van der Waals surface area contributed by atoms with Crippen LogP contribution in [0.1, 0.15) is 29.7 Å². The Labute approximate surface area is 160 Å². The molecular formula is C23H22O3S. The molecule has 0 radical (unpaired) electrons. The number of benzene rings is 3. The molecule has 0 saturated heterocycles. The molecule has 2 unspecified atom stereocenters. The monoisotopic (exact) mass is 378 g/mol. The van der Waals surface area contributed by atoms with E-state index in [4.69, 9.17) is 4.74 Å². The lowest BCUT2D eigenvalue weighted by molar-refractivity contribution is 0.414. The van der Waals surface area contributed by atoms with Crippen LogP contribution in [0.2, 0.25) is 0 Å². The number of ether oxygens (including phenoxy) is 1. The smallest absolute Gasteiger partial charge is 0.186 e. The molecule has 0 spiro atoms. The molecule has 27 heavy (non-hydrogen) atoms. The number of hydrogen-bond donors (Lipinski definition) is 0. The Kier molecular flexibility index (Phi) is 4.52. The maximum Gasteiger partial charge on any atom is 0.186 e. The van der Waals surface area contributed by atoms with Crippen molar-refractivity contribution >= 4 is 26.7 Å². The van der Waals surface area contributed by atoms with Crippen molar-refractivity contribution in [3.8, 4) is 5.75 Å². The van der Waals surface area contributed by atoms with Crippen molar-refractivity contribution in [2.45, 2.75) is 23.5 Å². The minimum absolute atomic E-state index is 0.0598. The summed E-state index contributed by atoms with van der Waals surface area (Å²) in [6, 6.07) is 18.8. The van der Waals surface area contributed by atoms with Crippen LogP contribution in [0.4, 0.5) is 0 Å². The topological polar surface area (TPSA) is 43.4 Å².